The van der Waals surface area contributed by atoms with Crippen molar-refractivity contribution in [1.29, 1.82) is 0 Å². The van der Waals surface area contributed by atoms with Gasteiger partial charge >= 0.3 is 0 Å². The average molecular weight is 273 g/mol. The van der Waals surface area contributed by atoms with E-state index in [-0.39, 0.29) is 5.41 Å². The molecule has 5 heteroatoms. The highest BCUT2D eigenvalue weighted by Gasteiger charge is 2.32. The second-order valence-corrected chi connectivity index (χ2v) is 6.20. The molecule has 1 aliphatic carbocycles. The molecule has 1 fully saturated rings. The maximum Gasteiger partial charge on any atom is 0.164 e. The van der Waals surface area contributed by atoms with Gasteiger partial charge in [0.1, 0.15) is 11.6 Å². The summed E-state index contributed by atoms with van der Waals surface area (Å²) in [4.78, 5) is 4.53. The topological polar surface area (TPSA) is 69.1 Å². The first kappa shape index (κ1) is 13.5. The van der Waals surface area contributed by atoms with E-state index in [4.69, 9.17) is 5.73 Å². The molecular weight excluding hydrogens is 250 g/mol. The molecule has 0 amide bonds. The zero-order valence-corrected chi connectivity index (χ0v) is 12.4. The van der Waals surface area contributed by atoms with Crippen LogP contribution in [0.2, 0.25) is 0 Å². The van der Waals surface area contributed by atoms with Crippen LogP contribution in [0.4, 0.5) is 0 Å². The second kappa shape index (κ2) is 5.13. The Bertz CT molecular complexity index is 610. The van der Waals surface area contributed by atoms with E-state index in [0.29, 0.717) is 0 Å². The molecule has 1 saturated carbocycles. The van der Waals surface area contributed by atoms with E-state index in [1.54, 1.807) is 0 Å². The van der Waals surface area contributed by atoms with Gasteiger partial charge in [0, 0.05) is 18.2 Å². The van der Waals surface area contributed by atoms with Crippen LogP contribution >= 0.6 is 0 Å². The minimum atomic E-state index is 0.207. The van der Waals surface area contributed by atoms with Crippen molar-refractivity contribution in [2.75, 3.05) is 6.54 Å². The van der Waals surface area contributed by atoms with Crippen molar-refractivity contribution in [3.8, 4) is 0 Å². The molecule has 3 rings (SSSR count). The fourth-order valence-corrected chi connectivity index (χ4v) is 3.51. The Kier molecular flexibility index (Phi) is 3.46. The van der Waals surface area contributed by atoms with Gasteiger partial charge in [0.05, 0.1) is 0 Å². The molecule has 0 spiro atoms. The van der Waals surface area contributed by atoms with Gasteiger partial charge in [0.15, 0.2) is 5.65 Å². The molecule has 2 aromatic heterocycles. The molecule has 5 nitrogen and oxygen atoms in total. The lowest BCUT2D eigenvalue weighted by molar-refractivity contribution is 0.193. The Morgan fingerprint density at radius 3 is 2.65 bits per heavy atom. The van der Waals surface area contributed by atoms with Gasteiger partial charge in [-0.05, 0) is 38.6 Å². The van der Waals surface area contributed by atoms with Gasteiger partial charge in [0.25, 0.3) is 0 Å². The fourth-order valence-electron chi connectivity index (χ4n) is 3.51. The number of nitrogens with two attached hydrogens (primary N) is 1. The van der Waals surface area contributed by atoms with Gasteiger partial charge in [-0.3, -0.25) is 4.40 Å². The maximum atomic E-state index is 6.09. The first-order valence-electron chi connectivity index (χ1n) is 7.52. The van der Waals surface area contributed by atoms with Crippen LogP contribution in [0.5, 0.6) is 0 Å². The Hall–Kier alpha value is -1.49. The zero-order chi connectivity index (χ0) is 14.2. The summed E-state index contributed by atoms with van der Waals surface area (Å²) in [6.07, 6.45) is 7.22. The van der Waals surface area contributed by atoms with Crippen LogP contribution < -0.4 is 5.73 Å². The van der Waals surface area contributed by atoms with Crippen molar-refractivity contribution in [3.05, 3.63) is 23.4 Å². The molecule has 0 saturated heterocycles. The lowest BCUT2D eigenvalue weighted by Crippen LogP contribution is -2.35. The minimum Gasteiger partial charge on any atom is -0.330 e. The van der Waals surface area contributed by atoms with Crippen LogP contribution in [-0.2, 0) is 6.42 Å². The molecule has 1 aliphatic rings. The van der Waals surface area contributed by atoms with Gasteiger partial charge in [-0.1, -0.05) is 19.3 Å². The van der Waals surface area contributed by atoms with Crippen molar-refractivity contribution in [2.45, 2.75) is 52.4 Å². The third kappa shape index (κ3) is 2.30. The lowest BCUT2D eigenvalue weighted by Gasteiger charge is -2.35. The molecule has 0 unspecified atom stereocenters. The highest BCUT2D eigenvalue weighted by molar-refractivity contribution is 5.40. The Morgan fingerprint density at radius 2 is 1.95 bits per heavy atom. The van der Waals surface area contributed by atoms with Gasteiger partial charge < -0.3 is 5.73 Å². The average Bonchev–Trinajstić information content (AvgIpc) is 2.82. The molecule has 2 aromatic rings. The number of aryl methyl sites for hydroxylation is 2. The summed E-state index contributed by atoms with van der Waals surface area (Å²) in [5.41, 5.74) is 8.18. The second-order valence-electron chi connectivity index (χ2n) is 6.20. The van der Waals surface area contributed by atoms with Crippen molar-refractivity contribution >= 4 is 5.65 Å². The standard InChI is InChI=1S/C15H23N5/c1-11-8-13-18-19-14(20(13)12(2)17-11)9-15(10-16)6-4-3-5-7-15/h8H,3-7,9-10,16H2,1-2H3. The summed E-state index contributed by atoms with van der Waals surface area (Å²) < 4.78 is 2.08. The summed E-state index contributed by atoms with van der Waals surface area (Å²) >= 11 is 0. The number of rotatable bonds is 3. The van der Waals surface area contributed by atoms with Gasteiger partial charge in [-0.2, -0.15) is 0 Å². The number of fused-ring (bicyclic) bond motifs is 1. The first-order chi connectivity index (χ1) is 9.63. The van der Waals surface area contributed by atoms with E-state index in [2.05, 4.69) is 19.6 Å². The van der Waals surface area contributed by atoms with Gasteiger partial charge in [-0.15, -0.1) is 10.2 Å². The van der Waals surface area contributed by atoms with Gasteiger partial charge in [0.2, 0.25) is 0 Å². The predicted molar refractivity (Wildman–Crippen MR) is 78.5 cm³/mol. The molecule has 0 atom stereocenters. The Morgan fingerprint density at radius 1 is 1.20 bits per heavy atom. The van der Waals surface area contributed by atoms with Gasteiger partial charge in [-0.25, -0.2) is 4.98 Å². The van der Waals surface area contributed by atoms with E-state index in [1.165, 1.54) is 32.1 Å². The Labute approximate surface area is 119 Å². The van der Waals surface area contributed by atoms with Crippen molar-refractivity contribution in [2.24, 2.45) is 11.1 Å². The number of hydrogen-bond donors (Lipinski definition) is 1. The zero-order valence-electron chi connectivity index (χ0n) is 12.4. The molecular formula is C15H23N5. The van der Waals surface area contributed by atoms with Crippen LogP contribution in [0.3, 0.4) is 0 Å². The fraction of sp³-hybridized carbons (Fsp3) is 0.667. The molecule has 108 valence electrons. The van der Waals surface area contributed by atoms with Crippen molar-refractivity contribution < 1.29 is 0 Å². The van der Waals surface area contributed by atoms with E-state index in [1.807, 2.05) is 19.9 Å². The summed E-state index contributed by atoms with van der Waals surface area (Å²) in [6.45, 7) is 4.74. The molecule has 0 bridgehead atoms. The molecule has 2 heterocycles. The highest BCUT2D eigenvalue weighted by Crippen LogP contribution is 2.38. The lowest BCUT2D eigenvalue weighted by atomic mass is 9.72. The third-order valence-corrected chi connectivity index (χ3v) is 4.64. The number of hydrogen-bond acceptors (Lipinski definition) is 4. The summed E-state index contributed by atoms with van der Waals surface area (Å²) in [5.74, 6) is 1.97. The minimum absolute atomic E-state index is 0.207. The Balaban J connectivity index is 1.98. The normalized spacial score (nSPS) is 18.6. The smallest absolute Gasteiger partial charge is 0.164 e. The predicted octanol–water partition coefficient (Wildman–Crippen LogP) is 2.19. The van der Waals surface area contributed by atoms with E-state index in [0.717, 1.165) is 36.0 Å². The van der Waals surface area contributed by atoms with Crippen LogP contribution in [-0.4, -0.2) is 26.1 Å². The largest absolute Gasteiger partial charge is 0.330 e. The summed E-state index contributed by atoms with van der Waals surface area (Å²) in [6, 6.07) is 1.99. The van der Waals surface area contributed by atoms with Crippen LogP contribution in [0.1, 0.15) is 49.4 Å². The molecule has 0 radical (unpaired) electrons. The quantitative estimate of drug-likeness (QED) is 0.930. The van der Waals surface area contributed by atoms with Crippen LogP contribution in [0.15, 0.2) is 6.07 Å². The number of aromatic nitrogens is 4. The highest BCUT2D eigenvalue weighted by atomic mass is 15.3. The van der Waals surface area contributed by atoms with E-state index in [9.17, 15) is 0 Å². The van der Waals surface area contributed by atoms with Crippen molar-refractivity contribution in [3.63, 3.8) is 0 Å². The molecule has 0 aromatic carbocycles. The number of nitrogens with zero attached hydrogens (tertiary/aromatic N) is 4. The maximum absolute atomic E-state index is 6.09. The molecule has 20 heavy (non-hydrogen) atoms. The molecule has 2 N–H and O–H groups in total. The van der Waals surface area contributed by atoms with E-state index < -0.39 is 0 Å². The van der Waals surface area contributed by atoms with Crippen LogP contribution in [0.25, 0.3) is 5.65 Å². The van der Waals surface area contributed by atoms with E-state index >= 15 is 0 Å². The monoisotopic (exact) mass is 273 g/mol. The SMILES string of the molecule is Cc1cc2nnc(CC3(CN)CCCCC3)n2c(C)n1. The summed E-state index contributed by atoms with van der Waals surface area (Å²) in [5, 5.41) is 8.71. The van der Waals surface area contributed by atoms with Crippen molar-refractivity contribution in [1.82, 2.24) is 19.6 Å². The summed E-state index contributed by atoms with van der Waals surface area (Å²) in [7, 11) is 0. The molecule has 0 aliphatic heterocycles. The third-order valence-electron chi connectivity index (χ3n) is 4.64. The first-order valence-corrected chi connectivity index (χ1v) is 7.52. The van der Waals surface area contributed by atoms with Crippen LogP contribution in [0, 0.1) is 19.3 Å².